The Morgan fingerprint density at radius 2 is 1.72 bits per heavy atom. The fourth-order valence-corrected chi connectivity index (χ4v) is 4.46. The average Bonchev–Trinajstić information content (AvgIpc) is 3.01. The lowest BCUT2D eigenvalue weighted by Gasteiger charge is -2.05. The highest BCUT2D eigenvalue weighted by molar-refractivity contribution is 9.11. The van der Waals surface area contributed by atoms with Crippen LogP contribution in [-0.4, -0.2) is 23.0 Å². The minimum Gasteiger partial charge on any atom is -0.506 e. The van der Waals surface area contributed by atoms with Gasteiger partial charge in [-0.25, -0.2) is 4.68 Å². The van der Waals surface area contributed by atoms with Gasteiger partial charge in [0.2, 0.25) is 4.80 Å². The summed E-state index contributed by atoms with van der Waals surface area (Å²) in [5.41, 5.74) is 2.87. The SMILES string of the molecule is CN=c1scc(-c2ccc(Br)cc2)n1N=Cc1cc(Br)c(O)c(Br)c1. The number of rotatable bonds is 3. The molecule has 25 heavy (non-hydrogen) atoms. The number of aromatic hydroxyl groups is 1. The predicted octanol–water partition coefficient (Wildman–Crippen LogP) is 5.62. The maximum absolute atomic E-state index is 9.82. The number of halogens is 3. The Morgan fingerprint density at radius 3 is 2.32 bits per heavy atom. The topological polar surface area (TPSA) is 49.9 Å². The van der Waals surface area contributed by atoms with E-state index in [0.29, 0.717) is 8.95 Å². The van der Waals surface area contributed by atoms with E-state index < -0.39 is 0 Å². The van der Waals surface area contributed by atoms with Crippen LogP contribution in [0.4, 0.5) is 0 Å². The van der Waals surface area contributed by atoms with E-state index in [4.69, 9.17) is 0 Å². The van der Waals surface area contributed by atoms with Crippen molar-refractivity contribution in [2.75, 3.05) is 7.05 Å². The standard InChI is InChI=1S/C17H12Br3N3OS/c1-21-17-23(15(9-25-17)11-2-4-12(18)5-3-11)22-8-10-6-13(19)16(24)14(20)7-10/h2-9,24H,1H3. The molecule has 0 aliphatic rings. The highest BCUT2D eigenvalue weighted by Gasteiger charge is 2.08. The van der Waals surface area contributed by atoms with E-state index in [1.807, 2.05) is 34.3 Å². The van der Waals surface area contributed by atoms with Gasteiger partial charge in [0, 0.05) is 22.5 Å². The molecule has 1 aromatic heterocycles. The number of phenolic OH excluding ortho intramolecular Hbond substituents is 1. The van der Waals surface area contributed by atoms with Gasteiger partial charge < -0.3 is 5.11 Å². The number of hydrogen-bond acceptors (Lipinski definition) is 4. The van der Waals surface area contributed by atoms with Crippen molar-refractivity contribution in [3.8, 4) is 17.0 Å². The minimum absolute atomic E-state index is 0.167. The zero-order valence-electron chi connectivity index (χ0n) is 12.9. The Bertz CT molecular complexity index is 984. The summed E-state index contributed by atoms with van der Waals surface area (Å²) in [5, 5.41) is 16.4. The predicted molar refractivity (Wildman–Crippen MR) is 113 cm³/mol. The smallest absolute Gasteiger partial charge is 0.205 e. The molecule has 0 bridgehead atoms. The van der Waals surface area contributed by atoms with E-state index in [-0.39, 0.29) is 5.75 Å². The first-order valence-corrected chi connectivity index (χ1v) is 10.4. The molecular formula is C17H12Br3N3OS. The first-order valence-electron chi connectivity index (χ1n) is 7.11. The lowest BCUT2D eigenvalue weighted by atomic mass is 10.2. The third-order valence-electron chi connectivity index (χ3n) is 3.38. The van der Waals surface area contributed by atoms with Crippen molar-refractivity contribution in [3.05, 3.63) is 65.6 Å². The monoisotopic (exact) mass is 543 g/mol. The average molecular weight is 546 g/mol. The number of nitrogens with zero attached hydrogens (tertiary/aromatic N) is 3. The van der Waals surface area contributed by atoms with E-state index in [1.165, 1.54) is 11.3 Å². The van der Waals surface area contributed by atoms with Crippen molar-refractivity contribution < 1.29 is 5.11 Å². The second kappa shape index (κ2) is 7.99. The molecule has 3 aromatic rings. The maximum Gasteiger partial charge on any atom is 0.205 e. The summed E-state index contributed by atoms with van der Waals surface area (Å²) in [5.74, 6) is 0.167. The van der Waals surface area contributed by atoms with Gasteiger partial charge in [0.25, 0.3) is 0 Å². The van der Waals surface area contributed by atoms with E-state index in [1.54, 1.807) is 25.4 Å². The first kappa shape index (κ1) is 18.6. The van der Waals surface area contributed by atoms with Crippen molar-refractivity contribution in [2.45, 2.75) is 0 Å². The Labute approximate surface area is 174 Å². The largest absolute Gasteiger partial charge is 0.506 e. The molecule has 0 saturated heterocycles. The highest BCUT2D eigenvalue weighted by Crippen LogP contribution is 2.33. The summed E-state index contributed by atoms with van der Waals surface area (Å²) in [6, 6.07) is 11.7. The number of thiazole rings is 1. The number of hydrogen-bond donors (Lipinski definition) is 1. The van der Waals surface area contributed by atoms with Crippen LogP contribution in [0.2, 0.25) is 0 Å². The van der Waals surface area contributed by atoms with E-state index in [0.717, 1.165) is 26.1 Å². The minimum atomic E-state index is 0.167. The molecule has 1 N–H and O–H groups in total. The van der Waals surface area contributed by atoms with Gasteiger partial charge in [0.05, 0.1) is 20.9 Å². The van der Waals surface area contributed by atoms with Crippen molar-refractivity contribution in [2.24, 2.45) is 10.1 Å². The molecule has 0 amide bonds. The van der Waals surface area contributed by atoms with Crippen LogP contribution in [0.25, 0.3) is 11.3 Å². The van der Waals surface area contributed by atoms with Crippen molar-refractivity contribution in [1.82, 2.24) is 4.68 Å². The van der Waals surface area contributed by atoms with E-state index in [2.05, 4.69) is 57.9 Å². The molecule has 0 saturated carbocycles. The molecule has 0 atom stereocenters. The Morgan fingerprint density at radius 1 is 1.08 bits per heavy atom. The van der Waals surface area contributed by atoms with Crippen LogP contribution >= 0.6 is 59.1 Å². The lowest BCUT2D eigenvalue weighted by Crippen LogP contribution is -2.11. The van der Waals surface area contributed by atoms with Gasteiger partial charge in [-0.3, -0.25) is 4.99 Å². The second-order valence-electron chi connectivity index (χ2n) is 5.02. The molecule has 1 heterocycles. The summed E-state index contributed by atoms with van der Waals surface area (Å²) in [6.07, 6.45) is 1.73. The normalized spacial score (nSPS) is 12.2. The van der Waals surface area contributed by atoms with Crippen LogP contribution in [0.15, 0.2) is 65.3 Å². The molecule has 0 spiro atoms. The zero-order valence-corrected chi connectivity index (χ0v) is 18.5. The number of benzene rings is 2. The number of phenols is 1. The summed E-state index contributed by atoms with van der Waals surface area (Å²) in [4.78, 5) is 5.09. The van der Waals surface area contributed by atoms with Gasteiger partial charge in [0.1, 0.15) is 5.75 Å². The summed E-state index contributed by atoms with van der Waals surface area (Å²) in [7, 11) is 1.75. The second-order valence-corrected chi connectivity index (χ2v) is 8.48. The fraction of sp³-hybridized carbons (Fsp3) is 0.0588. The number of aromatic nitrogens is 1. The van der Waals surface area contributed by atoms with Gasteiger partial charge in [-0.2, -0.15) is 5.10 Å². The Kier molecular flexibility index (Phi) is 5.93. The van der Waals surface area contributed by atoms with Crippen LogP contribution < -0.4 is 4.80 Å². The summed E-state index contributed by atoms with van der Waals surface area (Å²) < 4.78 is 4.04. The Hall–Kier alpha value is -1.22. The van der Waals surface area contributed by atoms with Crippen molar-refractivity contribution in [1.29, 1.82) is 0 Å². The molecular weight excluding hydrogens is 534 g/mol. The molecule has 4 nitrogen and oxygen atoms in total. The molecule has 0 unspecified atom stereocenters. The van der Waals surface area contributed by atoms with Crippen LogP contribution in [0.1, 0.15) is 5.56 Å². The first-order chi connectivity index (χ1) is 12.0. The van der Waals surface area contributed by atoms with Gasteiger partial charge in [-0.1, -0.05) is 28.1 Å². The van der Waals surface area contributed by atoms with Crippen LogP contribution in [0.3, 0.4) is 0 Å². The molecule has 3 rings (SSSR count). The third-order valence-corrected chi connectivity index (χ3v) is 6.02. The molecule has 2 aromatic carbocycles. The van der Waals surface area contributed by atoms with Crippen LogP contribution in [0.5, 0.6) is 5.75 Å². The molecule has 128 valence electrons. The van der Waals surface area contributed by atoms with E-state index in [9.17, 15) is 5.11 Å². The molecule has 0 aliphatic heterocycles. The van der Waals surface area contributed by atoms with Gasteiger partial charge in [-0.05, 0) is 61.7 Å². The molecule has 0 radical (unpaired) electrons. The molecule has 0 aliphatic carbocycles. The molecule has 8 heteroatoms. The zero-order chi connectivity index (χ0) is 18.0. The van der Waals surface area contributed by atoms with Gasteiger partial charge in [0.15, 0.2) is 0 Å². The third kappa shape index (κ3) is 4.13. The highest BCUT2D eigenvalue weighted by atomic mass is 79.9. The fourth-order valence-electron chi connectivity index (χ4n) is 2.17. The summed E-state index contributed by atoms with van der Waals surface area (Å²) >= 11 is 11.7. The van der Waals surface area contributed by atoms with E-state index >= 15 is 0 Å². The van der Waals surface area contributed by atoms with Crippen LogP contribution in [0, 0.1) is 0 Å². The maximum atomic E-state index is 9.82. The van der Waals surface area contributed by atoms with Crippen molar-refractivity contribution >= 4 is 65.3 Å². The lowest BCUT2D eigenvalue weighted by molar-refractivity contribution is 0.468. The van der Waals surface area contributed by atoms with Gasteiger partial charge in [-0.15, -0.1) is 11.3 Å². The van der Waals surface area contributed by atoms with Crippen molar-refractivity contribution in [3.63, 3.8) is 0 Å². The van der Waals surface area contributed by atoms with Crippen LogP contribution in [-0.2, 0) is 0 Å². The quantitative estimate of drug-likeness (QED) is 0.427. The Balaban J connectivity index is 2.05. The van der Waals surface area contributed by atoms with Gasteiger partial charge >= 0.3 is 0 Å². The summed E-state index contributed by atoms with van der Waals surface area (Å²) in [6.45, 7) is 0. The molecule has 0 fully saturated rings.